The van der Waals surface area contributed by atoms with Crippen molar-refractivity contribution in [1.29, 1.82) is 0 Å². The highest BCUT2D eigenvalue weighted by atomic mass is 35.5. The van der Waals surface area contributed by atoms with Crippen LogP contribution in [0.3, 0.4) is 0 Å². The minimum absolute atomic E-state index is 0.0481. The Bertz CT molecular complexity index is 745. The number of piperidine rings is 2. The van der Waals surface area contributed by atoms with Gasteiger partial charge < -0.3 is 4.90 Å². The van der Waals surface area contributed by atoms with Crippen LogP contribution in [0.1, 0.15) is 49.4 Å². The van der Waals surface area contributed by atoms with E-state index in [1.54, 1.807) is 6.07 Å². The molecule has 0 saturated carbocycles. The lowest BCUT2D eigenvalue weighted by atomic mass is 9.99. The van der Waals surface area contributed by atoms with Gasteiger partial charge in [-0.3, -0.25) is 4.79 Å². The van der Waals surface area contributed by atoms with Gasteiger partial charge in [0.25, 0.3) is 5.91 Å². The molecule has 0 N–H and O–H groups in total. The summed E-state index contributed by atoms with van der Waals surface area (Å²) in [6.07, 6.45) is 4.88. The number of carbonyl (C=O) groups excluding carboxylic acids is 1. The third kappa shape index (κ3) is 4.01. The maximum absolute atomic E-state index is 12.9. The van der Waals surface area contributed by atoms with Crippen molar-refractivity contribution in [1.82, 2.24) is 9.21 Å². The number of carbonyl (C=O) groups is 1. The lowest BCUT2D eigenvalue weighted by Crippen LogP contribution is -2.39. The summed E-state index contributed by atoms with van der Waals surface area (Å²) < 4.78 is 27.3. The normalized spacial score (nSPS) is 22.8. The second-order valence-corrected chi connectivity index (χ2v) is 9.42. The molecule has 1 amide bonds. The zero-order valence-corrected chi connectivity index (χ0v) is 16.2. The van der Waals surface area contributed by atoms with Crippen LogP contribution in [0.2, 0.25) is 5.02 Å². The molecule has 25 heavy (non-hydrogen) atoms. The molecule has 1 aromatic carbocycles. The number of halogens is 1. The lowest BCUT2D eigenvalue weighted by molar-refractivity contribution is 0.0683. The number of nitrogens with zero attached hydrogens (tertiary/aromatic N) is 2. The average Bonchev–Trinajstić information content (AvgIpc) is 2.62. The summed E-state index contributed by atoms with van der Waals surface area (Å²) >= 11 is 6.18. The predicted octanol–water partition coefficient (Wildman–Crippen LogP) is 3.39. The third-order valence-electron chi connectivity index (χ3n) is 5.06. The average molecular weight is 385 g/mol. The lowest BCUT2D eigenvalue weighted by Gasteiger charge is -2.31. The van der Waals surface area contributed by atoms with Gasteiger partial charge in [-0.05, 0) is 49.8 Å². The van der Waals surface area contributed by atoms with Crippen molar-refractivity contribution < 1.29 is 13.2 Å². The van der Waals surface area contributed by atoms with Gasteiger partial charge in [0.1, 0.15) is 4.90 Å². The van der Waals surface area contributed by atoms with Gasteiger partial charge in [0.15, 0.2) is 0 Å². The third-order valence-corrected chi connectivity index (χ3v) is 7.44. The first kappa shape index (κ1) is 18.7. The molecule has 1 aromatic rings. The molecule has 0 aromatic heterocycles. The van der Waals surface area contributed by atoms with Crippen LogP contribution in [0.15, 0.2) is 23.1 Å². The van der Waals surface area contributed by atoms with Crippen molar-refractivity contribution in [2.75, 3.05) is 26.2 Å². The van der Waals surface area contributed by atoms with Gasteiger partial charge in [0.2, 0.25) is 10.0 Å². The highest BCUT2D eigenvalue weighted by molar-refractivity contribution is 7.89. The standard InChI is InChI=1S/C18H25ClN2O3S/c1-14-6-5-9-20(13-14)18(22)15-7-8-16(19)17(12-15)25(23,24)21-10-3-2-4-11-21/h7-8,12,14H,2-6,9-11,13H2,1H3/t14-/m1/s1. The SMILES string of the molecule is C[C@@H]1CCCN(C(=O)c2ccc(Cl)c(S(=O)(=O)N3CCCCC3)c2)C1. The first-order chi connectivity index (χ1) is 11.9. The van der Waals surface area contributed by atoms with Crippen LogP contribution in [0.4, 0.5) is 0 Å². The Morgan fingerprint density at radius 2 is 1.84 bits per heavy atom. The van der Waals surface area contributed by atoms with Crippen LogP contribution in [0.25, 0.3) is 0 Å². The van der Waals surface area contributed by atoms with Gasteiger partial charge in [0.05, 0.1) is 5.02 Å². The Kier molecular flexibility index (Phi) is 5.71. The van der Waals surface area contributed by atoms with E-state index >= 15 is 0 Å². The Hall–Kier alpha value is -1.11. The molecule has 1 atom stereocenters. The van der Waals surface area contributed by atoms with E-state index < -0.39 is 10.0 Å². The highest BCUT2D eigenvalue weighted by Gasteiger charge is 2.30. The molecule has 5 nitrogen and oxygen atoms in total. The molecule has 0 radical (unpaired) electrons. The van der Waals surface area contributed by atoms with Crippen LogP contribution in [-0.4, -0.2) is 49.7 Å². The van der Waals surface area contributed by atoms with Gasteiger partial charge in [-0.15, -0.1) is 0 Å². The van der Waals surface area contributed by atoms with Crippen molar-refractivity contribution in [3.05, 3.63) is 28.8 Å². The van der Waals surface area contributed by atoms with Crippen LogP contribution in [0, 0.1) is 5.92 Å². The zero-order valence-electron chi connectivity index (χ0n) is 14.6. The van der Waals surface area contributed by atoms with Gasteiger partial charge in [0, 0.05) is 31.7 Å². The van der Waals surface area contributed by atoms with Gasteiger partial charge in [-0.1, -0.05) is 24.9 Å². The Labute approximate surface area is 155 Å². The van der Waals surface area contributed by atoms with Crippen molar-refractivity contribution in [3.63, 3.8) is 0 Å². The summed E-state index contributed by atoms with van der Waals surface area (Å²) in [4.78, 5) is 14.6. The monoisotopic (exact) mass is 384 g/mol. The molecule has 2 aliphatic rings. The van der Waals surface area contributed by atoms with E-state index in [0.717, 1.165) is 45.2 Å². The summed E-state index contributed by atoms with van der Waals surface area (Å²) in [6, 6.07) is 4.60. The molecule has 0 spiro atoms. The summed E-state index contributed by atoms with van der Waals surface area (Å²) in [7, 11) is -3.66. The van der Waals surface area contributed by atoms with Crippen molar-refractivity contribution >= 4 is 27.5 Å². The summed E-state index contributed by atoms with van der Waals surface area (Å²) in [5.41, 5.74) is 0.397. The number of rotatable bonds is 3. The number of amides is 1. The Morgan fingerprint density at radius 3 is 2.52 bits per heavy atom. The quantitative estimate of drug-likeness (QED) is 0.802. The molecule has 2 aliphatic heterocycles. The van der Waals surface area contributed by atoms with Gasteiger partial charge >= 0.3 is 0 Å². The van der Waals surface area contributed by atoms with E-state index in [9.17, 15) is 13.2 Å². The molecule has 138 valence electrons. The number of hydrogen-bond donors (Lipinski definition) is 0. The van der Waals surface area contributed by atoms with E-state index in [1.165, 1.54) is 16.4 Å². The van der Waals surface area contributed by atoms with E-state index in [-0.39, 0.29) is 15.8 Å². The molecule has 2 heterocycles. The maximum atomic E-state index is 12.9. The van der Waals surface area contributed by atoms with Gasteiger partial charge in [-0.25, -0.2) is 8.42 Å². The van der Waals surface area contributed by atoms with Crippen LogP contribution in [0.5, 0.6) is 0 Å². The van der Waals surface area contributed by atoms with E-state index in [4.69, 9.17) is 11.6 Å². The van der Waals surface area contributed by atoms with E-state index in [1.807, 2.05) is 4.90 Å². The maximum Gasteiger partial charge on any atom is 0.253 e. The molecule has 2 fully saturated rings. The van der Waals surface area contributed by atoms with Crippen LogP contribution < -0.4 is 0 Å². The zero-order chi connectivity index (χ0) is 18.0. The fraction of sp³-hybridized carbons (Fsp3) is 0.611. The molecule has 3 rings (SSSR count). The summed E-state index contributed by atoms with van der Waals surface area (Å²) in [6.45, 7) is 4.60. The van der Waals surface area contributed by atoms with E-state index in [0.29, 0.717) is 24.6 Å². The van der Waals surface area contributed by atoms with Crippen LogP contribution in [-0.2, 0) is 10.0 Å². The molecular weight excluding hydrogens is 360 g/mol. The largest absolute Gasteiger partial charge is 0.338 e. The fourth-order valence-corrected chi connectivity index (χ4v) is 5.65. The second kappa shape index (κ2) is 7.64. The molecule has 0 unspecified atom stereocenters. The Morgan fingerprint density at radius 1 is 1.12 bits per heavy atom. The molecular formula is C18H25ClN2O3S. The number of likely N-dealkylation sites (tertiary alicyclic amines) is 1. The molecule has 0 aliphatic carbocycles. The first-order valence-electron chi connectivity index (χ1n) is 8.98. The molecule has 7 heteroatoms. The molecule has 2 saturated heterocycles. The minimum atomic E-state index is -3.66. The first-order valence-corrected chi connectivity index (χ1v) is 10.8. The topological polar surface area (TPSA) is 57.7 Å². The van der Waals surface area contributed by atoms with E-state index in [2.05, 4.69) is 6.92 Å². The van der Waals surface area contributed by atoms with Crippen molar-refractivity contribution in [2.45, 2.75) is 43.9 Å². The molecule has 0 bridgehead atoms. The van der Waals surface area contributed by atoms with Crippen molar-refractivity contribution in [3.8, 4) is 0 Å². The predicted molar refractivity (Wildman–Crippen MR) is 98.4 cm³/mol. The smallest absolute Gasteiger partial charge is 0.253 e. The van der Waals surface area contributed by atoms with Gasteiger partial charge in [-0.2, -0.15) is 4.31 Å². The second-order valence-electron chi connectivity index (χ2n) is 7.11. The summed E-state index contributed by atoms with van der Waals surface area (Å²) in [5.74, 6) is 0.361. The summed E-state index contributed by atoms with van der Waals surface area (Å²) in [5, 5.41) is 0.175. The Balaban J connectivity index is 1.88. The fourth-order valence-electron chi connectivity index (χ4n) is 3.63. The number of hydrogen-bond acceptors (Lipinski definition) is 3. The minimum Gasteiger partial charge on any atom is -0.338 e. The van der Waals surface area contributed by atoms with Crippen LogP contribution >= 0.6 is 11.6 Å². The number of sulfonamides is 1. The highest BCUT2D eigenvalue weighted by Crippen LogP contribution is 2.29. The van der Waals surface area contributed by atoms with Crippen molar-refractivity contribution in [2.24, 2.45) is 5.92 Å². The number of benzene rings is 1.